The van der Waals surface area contributed by atoms with Gasteiger partial charge < -0.3 is 15.9 Å². The van der Waals surface area contributed by atoms with Crippen LogP contribution in [0.2, 0.25) is 0 Å². The van der Waals surface area contributed by atoms with E-state index in [0.717, 1.165) is 25.7 Å². The summed E-state index contributed by atoms with van der Waals surface area (Å²) < 4.78 is 0. The second kappa shape index (κ2) is 6.22. The highest BCUT2D eigenvalue weighted by molar-refractivity contribution is 5.85. The number of carboxylic acids is 1. The fourth-order valence-corrected chi connectivity index (χ4v) is 1.94. The van der Waals surface area contributed by atoms with Gasteiger partial charge in [0.1, 0.15) is 0 Å². The topological polar surface area (TPSA) is 83.5 Å². The molecular formula is C9H18ClNO3. The smallest absolute Gasteiger partial charge is 0.334 e. The number of halogens is 1. The van der Waals surface area contributed by atoms with Gasteiger partial charge >= 0.3 is 5.97 Å². The zero-order valence-corrected chi connectivity index (χ0v) is 8.87. The summed E-state index contributed by atoms with van der Waals surface area (Å²) in [4.78, 5) is 10.5. The minimum atomic E-state index is -1.40. The Morgan fingerprint density at radius 2 is 1.79 bits per heavy atom. The van der Waals surface area contributed by atoms with Gasteiger partial charge in [-0.25, -0.2) is 4.79 Å². The number of aliphatic carboxylic acids is 1. The first-order valence-corrected chi connectivity index (χ1v) is 4.79. The summed E-state index contributed by atoms with van der Waals surface area (Å²) in [6, 6.07) is -0.599. The summed E-state index contributed by atoms with van der Waals surface area (Å²) >= 11 is 0. The molecule has 5 heteroatoms. The van der Waals surface area contributed by atoms with Gasteiger partial charge in [-0.15, -0.1) is 12.4 Å². The summed E-state index contributed by atoms with van der Waals surface area (Å²) in [5.74, 6) is -1.03. The van der Waals surface area contributed by atoms with Crippen molar-refractivity contribution in [3.05, 3.63) is 0 Å². The van der Waals surface area contributed by atoms with Crippen LogP contribution in [0.3, 0.4) is 0 Å². The summed E-state index contributed by atoms with van der Waals surface area (Å²) in [6.45, 7) is 0. The van der Waals surface area contributed by atoms with Gasteiger partial charge in [0.25, 0.3) is 0 Å². The number of rotatable bonds is 3. The van der Waals surface area contributed by atoms with E-state index in [0.29, 0.717) is 0 Å². The lowest BCUT2D eigenvalue weighted by atomic mass is 9.82. The lowest BCUT2D eigenvalue weighted by Gasteiger charge is -2.28. The molecule has 0 heterocycles. The summed E-state index contributed by atoms with van der Waals surface area (Å²) in [6.07, 6.45) is 3.90. The Morgan fingerprint density at radius 3 is 2.21 bits per heavy atom. The van der Waals surface area contributed by atoms with Gasteiger partial charge in [-0.1, -0.05) is 19.3 Å². The monoisotopic (exact) mass is 223 g/mol. The van der Waals surface area contributed by atoms with Gasteiger partial charge in [0.05, 0.1) is 0 Å². The molecule has 4 N–H and O–H groups in total. The van der Waals surface area contributed by atoms with Crippen molar-refractivity contribution in [3.63, 3.8) is 0 Å². The van der Waals surface area contributed by atoms with E-state index in [9.17, 15) is 9.90 Å². The molecule has 0 aromatic carbocycles. The first-order valence-electron chi connectivity index (χ1n) is 4.79. The Labute approximate surface area is 89.9 Å². The maximum absolute atomic E-state index is 10.5. The van der Waals surface area contributed by atoms with Gasteiger partial charge in [0.15, 0.2) is 6.10 Å². The third-order valence-electron chi connectivity index (χ3n) is 2.81. The Morgan fingerprint density at radius 1 is 1.29 bits per heavy atom. The second-order valence-corrected chi connectivity index (χ2v) is 3.76. The van der Waals surface area contributed by atoms with Crippen LogP contribution >= 0.6 is 12.4 Å². The Hall–Kier alpha value is -0.320. The molecule has 0 aliphatic heterocycles. The van der Waals surface area contributed by atoms with Gasteiger partial charge in [-0.05, 0) is 18.8 Å². The normalized spacial score (nSPS) is 22.1. The van der Waals surface area contributed by atoms with Crippen LogP contribution in [0.15, 0.2) is 0 Å². The van der Waals surface area contributed by atoms with Crippen molar-refractivity contribution in [2.24, 2.45) is 11.7 Å². The molecule has 1 aliphatic carbocycles. The van der Waals surface area contributed by atoms with Crippen molar-refractivity contribution in [1.82, 2.24) is 0 Å². The van der Waals surface area contributed by atoms with E-state index >= 15 is 0 Å². The number of hydrogen-bond acceptors (Lipinski definition) is 3. The lowest BCUT2D eigenvalue weighted by molar-refractivity contribution is -0.148. The molecule has 2 atom stereocenters. The SMILES string of the molecule is Cl.N[C@@H](C1CCCCC1)[C@@H](O)C(=O)O. The molecule has 14 heavy (non-hydrogen) atoms. The van der Waals surface area contributed by atoms with E-state index in [-0.39, 0.29) is 18.3 Å². The van der Waals surface area contributed by atoms with Crippen LogP contribution in [0.4, 0.5) is 0 Å². The van der Waals surface area contributed by atoms with Crippen molar-refractivity contribution in [3.8, 4) is 0 Å². The Kier molecular flexibility index (Phi) is 6.08. The fourth-order valence-electron chi connectivity index (χ4n) is 1.94. The molecule has 1 saturated carbocycles. The van der Waals surface area contributed by atoms with E-state index in [4.69, 9.17) is 10.8 Å². The van der Waals surface area contributed by atoms with Crippen LogP contribution < -0.4 is 5.73 Å². The first-order chi connectivity index (χ1) is 6.13. The van der Waals surface area contributed by atoms with Crippen molar-refractivity contribution in [1.29, 1.82) is 0 Å². The molecule has 0 radical (unpaired) electrons. The van der Waals surface area contributed by atoms with Gasteiger partial charge in [-0.2, -0.15) is 0 Å². The van der Waals surface area contributed by atoms with Gasteiger partial charge in [0, 0.05) is 6.04 Å². The highest BCUT2D eigenvalue weighted by Gasteiger charge is 2.30. The molecule has 0 saturated heterocycles. The summed E-state index contributed by atoms with van der Waals surface area (Å²) in [5.41, 5.74) is 5.66. The van der Waals surface area contributed by atoms with E-state index in [1.807, 2.05) is 0 Å². The fraction of sp³-hybridized carbons (Fsp3) is 0.889. The summed E-state index contributed by atoms with van der Waals surface area (Å²) in [7, 11) is 0. The molecule has 4 nitrogen and oxygen atoms in total. The van der Waals surface area contributed by atoms with E-state index in [1.165, 1.54) is 6.42 Å². The molecule has 1 fully saturated rings. The minimum absolute atomic E-state index is 0. The highest BCUT2D eigenvalue weighted by atomic mass is 35.5. The van der Waals surface area contributed by atoms with Gasteiger partial charge in [0.2, 0.25) is 0 Å². The molecule has 0 spiro atoms. The summed E-state index contributed by atoms with van der Waals surface area (Å²) in [5, 5.41) is 17.8. The van der Waals surface area contributed by atoms with Crippen LogP contribution in [0.5, 0.6) is 0 Å². The minimum Gasteiger partial charge on any atom is -0.479 e. The highest BCUT2D eigenvalue weighted by Crippen LogP contribution is 2.26. The Bertz CT molecular complexity index is 183. The molecule has 0 aromatic heterocycles. The molecule has 0 amide bonds. The van der Waals surface area contributed by atoms with Crippen LogP contribution in [0, 0.1) is 5.92 Å². The maximum atomic E-state index is 10.5. The molecule has 1 rings (SSSR count). The van der Waals surface area contributed by atoms with Crippen LogP contribution in [-0.2, 0) is 4.79 Å². The number of carbonyl (C=O) groups is 1. The maximum Gasteiger partial charge on any atom is 0.334 e. The van der Waals surface area contributed by atoms with Crippen LogP contribution in [0.1, 0.15) is 32.1 Å². The number of aliphatic hydroxyl groups excluding tert-OH is 1. The lowest BCUT2D eigenvalue weighted by Crippen LogP contribution is -2.46. The van der Waals surface area contributed by atoms with Crippen molar-refractivity contribution in [2.45, 2.75) is 44.2 Å². The average molecular weight is 224 g/mol. The van der Waals surface area contributed by atoms with E-state index in [1.54, 1.807) is 0 Å². The number of nitrogens with two attached hydrogens (primary N) is 1. The molecule has 0 bridgehead atoms. The Balaban J connectivity index is 0.00000169. The standard InChI is InChI=1S/C9H17NO3.ClH/c10-7(8(11)9(12)13)6-4-2-1-3-5-6;/h6-8,11H,1-5,10H2,(H,12,13);1H/t7-,8+;/m0./s1. The molecule has 0 unspecified atom stereocenters. The molecular weight excluding hydrogens is 206 g/mol. The zero-order valence-electron chi connectivity index (χ0n) is 8.06. The number of hydrogen-bond donors (Lipinski definition) is 3. The predicted molar refractivity (Wildman–Crippen MR) is 55.4 cm³/mol. The zero-order chi connectivity index (χ0) is 9.84. The second-order valence-electron chi connectivity index (χ2n) is 3.76. The third-order valence-corrected chi connectivity index (χ3v) is 2.81. The number of carboxylic acid groups (broad SMARTS) is 1. The van der Waals surface area contributed by atoms with Crippen molar-refractivity contribution < 1.29 is 15.0 Å². The van der Waals surface area contributed by atoms with Crippen molar-refractivity contribution in [2.75, 3.05) is 0 Å². The average Bonchev–Trinajstić information content (AvgIpc) is 2.17. The predicted octanol–water partition coefficient (Wildman–Crippen LogP) is 0.761. The van der Waals surface area contributed by atoms with E-state index in [2.05, 4.69) is 0 Å². The quantitative estimate of drug-likeness (QED) is 0.660. The van der Waals surface area contributed by atoms with Crippen LogP contribution in [0.25, 0.3) is 0 Å². The number of aliphatic hydroxyl groups is 1. The first kappa shape index (κ1) is 13.7. The third kappa shape index (κ3) is 3.44. The molecule has 0 aromatic rings. The van der Waals surface area contributed by atoms with Crippen molar-refractivity contribution >= 4 is 18.4 Å². The van der Waals surface area contributed by atoms with E-state index < -0.39 is 18.1 Å². The largest absolute Gasteiger partial charge is 0.479 e. The van der Waals surface area contributed by atoms with Gasteiger partial charge in [-0.3, -0.25) is 0 Å². The molecule has 84 valence electrons. The molecule has 1 aliphatic rings. The van der Waals surface area contributed by atoms with Crippen LogP contribution in [-0.4, -0.2) is 28.3 Å².